The molecule has 0 bridgehead atoms. The quantitative estimate of drug-likeness (QED) is 0.670. The van der Waals surface area contributed by atoms with Crippen LogP contribution in [-0.4, -0.2) is 0 Å². The van der Waals surface area contributed by atoms with E-state index >= 15 is 0 Å². The van der Waals surface area contributed by atoms with Crippen LogP contribution < -0.4 is 0 Å². The lowest BCUT2D eigenvalue weighted by Gasteiger charge is -1.99. The zero-order chi connectivity index (χ0) is 9.26. The largest absolute Gasteiger partial charge is 0.137 e. The zero-order valence-electron chi connectivity index (χ0n) is 7.32. The van der Waals surface area contributed by atoms with Crippen molar-refractivity contribution in [2.24, 2.45) is 0 Å². The molecule has 13 heavy (non-hydrogen) atoms. The molecule has 1 heterocycles. The topological polar surface area (TPSA) is 0 Å². The maximum atomic E-state index is 4.39. The third-order valence-electron chi connectivity index (χ3n) is 2.10. The number of thiophene rings is 1. The summed E-state index contributed by atoms with van der Waals surface area (Å²) in [6.45, 7) is 2.11. The lowest BCUT2D eigenvalue weighted by Crippen LogP contribution is -1.76. The van der Waals surface area contributed by atoms with Crippen molar-refractivity contribution in [2.45, 2.75) is 11.1 Å². The van der Waals surface area contributed by atoms with Gasteiger partial charge >= 0.3 is 0 Å². The fourth-order valence-electron chi connectivity index (χ4n) is 1.31. The highest BCUT2D eigenvalue weighted by Crippen LogP contribution is 2.32. The highest BCUT2D eigenvalue weighted by Gasteiger charge is 2.05. The minimum atomic E-state index is 1.11. The molecule has 0 saturated heterocycles. The van der Waals surface area contributed by atoms with Crippen LogP contribution in [0.15, 0.2) is 39.9 Å². The molecule has 1 aromatic carbocycles. The summed E-state index contributed by atoms with van der Waals surface area (Å²) < 4.78 is 1.11. The Morgan fingerprint density at radius 3 is 2.38 bits per heavy atom. The van der Waals surface area contributed by atoms with Gasteiger partial charge in [-0.05, 0) is 23.6 Å². The number of rotatable bonds is 1. The van der Waals surface area contributed by atoms with E-state index in [9.17, 15) is 0 Å². The molecule has 0 nitrogen and oxygen atoms in total. The molecule has 0 spiro atoms. The monoisotopic (exact) mass is 206 g/mol. The van der Waals surface area contributed by atoms with Crippen LogP contribution in [-0.2, 0) is 0 Å². The van der Waals surface area contributed by atoms with Gasteiger partial charge in [0.1, 0.15) is 0 Å². The molecule has 2 rings (SSSR count). The van der Waals surface area contributed by atoms with E-state index in [0.29, 0.717) is 0 Å². The first-order valence-electron chi connectivity index (χ1n) is 4.11. The van der Waals surface area contributed by atoms with E-state index in [0.717, 1.165) is 4.21 Å². The van der Waals surface area contributed by atoms with Gasteiger partial charge in [0, 0.05) is 5.38 Å². The predicted molar refractivity (Wildman–Crippen MR) is 61.7 cm³/mol. The molecule has 2 heteroatoms. The normalized spacial score (nSPS) is 10.3. The Hall–Kier alpha value is -0.730. The third-order valence-corrected chi connectivity index (χ3v) is 3.63. The van der Waals surface area contributed by atoms with Gasteiger partial charge in [0.25, 0.3) is 0 Å². The molecular weight excluding hydrogens is 196 g/mol. The van der Waals surface area contributed by atoms with Crippen molar-refractivity contribution in [1.82, 2.24) is 0 Å². The zero-order valence-corrected chi connectivity index (χ0v) is 9.03. The van der Waals surface area contributed by atoms with E-state index in [1.807, 2.05) is 6.07 Å². The highest BCUT2D eigenvalue weighted by atomic mass is 32.2. The van der Waals surface area contributed by atoms with E-state index in [2.05, 4.69) is 49.2 Å². The molecule has 66 valence electrons. The first-order valence-corrected chi connectivity index (χ1v) is 5.44. The van der Waals surface area contributed by atoms with Crippen molar-refractivity contribution >= 4 is 24.0 Å². The van der Waals surface area contributed by atoms with Gasteiger partial charge in [-0.15, -0.1) is 24.0 Å². The maximum Gasteiger partial charge on any atom is 0.0603 e. The fourth-order valence-corrected chi connectivity index (χ4v) is 2.42. The lowest BCUT2D eigenvalue weighted by atomic mass is 10.1. The van der Waals surface area contributed by atoms with Crippen LogP contribution in [0.2, 0.25) is 0 Å². The van der Waals surface area contributed by atoms with Crippen LogP contribution in [0.5, 0.6) is 0 Å². The van der Waals surface area contributed by atoms with E-state index in [4.69, 9.17) is 0 Å². The van der Waals surface area contributed by atoms with E-state index < -0.39 is 0 Å². The molecule has 0 radical (unpaired) electrons. The average Bonchev–Trinajstić information content (AvgIpc) is 2.49. The fraction of sp³-hybridized carbons (Fsp3) is 0.0909. The van der Waals surface area contributed by atoms with Gasteiger partial charge < -0.3 is 0 Å². The van der Waals surface area contributed by atoms with Crippen molar-refractivity contribution in [3.05, 3.63) is 41.3 Å². The van der Waals surface area contributed by atoms with Crippen LogP contribution in [0.3, 0.4) is 0 Å². The van der Waals surface area contributed by atoms with Gasteiger partial charge in [-0.3, -0.25) is 0 Å². The Morgan fingerprint density at radius 1 is 1.15 bits per heavy atom. The molecule has 2 aromatic rings. The Balaban J connectivity index is 2.53. The van der Waals surface area contributed by atoms with Crippen LogP contribution >= 0.6 is 24.0 Å². The highest BCUT2D eigenvalue weighted by molar-refractivity contribution is 7.82. The summed E-state index contributed by atoms with van der Waals surface area (Å²) in [7, 11) is 0. The summed E-state index contributed by atoms with van der Waals surface area (Å²) >= 11 is 6.08. The van der Waals surface area contributed by atoms with Crippen molar-refractivity contribution < 1.29 is 0 Å². The van der Waals surface area contributed by atoms with Crippen molar-refractivity contribution in [3.63, 3.8) is 0 Å². The summed E-state index contributed by atoms with van der Waals surface area (Å²) in [4.78, 5) is 0. The Bertz CT molecular complexity index is 401. The summed E-state index contributed by atoms with van der Waals surface area (Å²) in [6.07, 6.45) is 0. The first kappa shape index (κ1) is 8.85. The number of thiol groups is 1. The second kappa shape index (κ2) is 3.56. The van der Waals surface area contributed by atoms with Crippen molar-refractivity contribution in [2.75, 3.05) is 0 Å². The van der Waals surface area contributed by atoms with Gasteiger partial charge in [-0.25, -0.2) is 0 Å². The van der Waals surface area contributed by atoms with E-state index in [1.54, 1.807) is 11.3 Å². The van der Waals surface area contributed by atoms with E-state index in [-0.39, 0.29) is 0 Å². The average molecular weight is 206 g/mol. The van der Waals surface area contributed by atoms with Crippen molar-refractivity contribution in [1.29, 1.82) is 0 Å². The minimum Gasteiger partial charge on any atom is -0.137 e. The molecule has 0 aliphatic heterocycles. The third kappa shape index (κ3) is 1.64. The first-order chi connectivity index (χ1) is 6.29. The summed E-state index contributed by atoms with van der Waals surface area (Å²) in [5.41, 5.74) is 3.85. The Morgan fingerprint density at radius 2 is 1.85 bits per heavy atom. The summed E-state index contributed by atoms with van der Waals surface area (Å²) in [6, 6.07) is 10.4. The SMILES string of the molecule is Cc1c(-c2ccccc2)csc1S. The summed E-state index contributed by atoms with van der Waals surface area (Å²) in [5, 5.41) is 2.16. The second-order valence-electron chi connectivity index (χ2n) is 2.95. The molecule has 0 atom stereocenters. The van der Waals surface area contributed by atoms with Gasteiger partial charge in [-0.2, -0.15) is 0 Å². The molecular formula is C11H10S2. The van der Waals surface area contributed by atoms with E-state index in [1.165, 1.54) is 16.7 Å². The predicted octanol–water partition coefficient (Wildman–Crippen LogP) is 4.01. The smallest absolute Gasteiger partial charge is 0.0603 e. The van der Waals surface area contributed by atoms with Crippen molar-refractivity contribution in [3.8, 4) is 11.1 Å². The molecule has 0 fully saturated rings. The van der Waals surface area contributed by atoms with Crippen LogP contribution in [0.4, 0.5) is 0 Å². The van der Waals surface area contributed by atoms with Crippen LogP contribution in [0.25, 0.3) is 11.1 Å². The Kier molecular flexibility index (Phi) is 2.42. The number of hydrogen-bond acceptors (Lipinski definition) is 2. The minimum absolute atomic E-state index is 1.11. The molecule has 0 N–H and O–H groups in total. The lowest BCUT2D eigenvalue weighted by molar-refractivity contribution is 1.43. The maximum absolute atomic E-state index is 4.39. The van der Waals surface area contributed by atoms with Gasteiger partial charge in [-0.1, -0.05) is 30.3 Å². The molecule has 0 unspecified atom stereocenters. The second-order valence-corrected chi connectivity index (χ2v) is 4.57. The molecule has 0 aliphatic carbocycles. The standard InChI is InChI=1S/C11H10S2/c1-8-10(7-13-11(8)12)9-5-3-2-4-6-9/h2-7,12H,1H3. The van der Waals surface area contributed by atoms with Gasteiger partial charge in [0.2, 0.25) is 0 Å². The van der Waals surface area contributed by atoms with Gasteiger partial charge in [0.15, 0.2) is 0 Å². The Labute approximate surface area is 87.6 Å². The van der Waals surface area contributed by atoms with Crippen LogP contribution in [0.1, 0.15) is 5.56 Å². The molecule has 0 saturated carbocycles. The molecule has 1 aromatic heterocycles. The molecule has 0 amide bonds. The van der Waals surface area contributed by atoms with Gasteiger partial charge in [0.05, 0.1) is 4.21 Å². The summed E-state index contributed by atoms with van der Waals surface area (Å²) in [5.74, 6) is 0. The van der Waals surface area contributed by atoms with Crippen LogP contribution in [0, 0.1) is 6.92 Å². The number of benzene rings is 1. The number of hydrogen-bond donors (Lipinski definition) is 1. The molecule has 0 aliphatic rings.